The number of halogens is 1. The molecule has 1 aromatic rings. The molecular formula is C12H15BrN2O3. The fourth-order valence-electron chi connectivity index (χ4n) is 1.45. The Hall–Kier alpha value is -1.56. The van der Waals surface area contributed by atoms with E-state index in [1.807, 2.05) is 0 Å². The van der Waals surface area contributed by atoms with Crippen molar-refractivity contribution in [3.05, 3.63) is 28.2 Å². The summed E-state index contributed by atoms with van der Waals surface area (Å²) < 4.78 is 5.42. The van der Waals surface area contributed by atoms with E-state index in [0.29, 0.717) is 28.9 Å². The van der Waals surface area contributed by atoms with Crippen molar-refractivity contribution >= 4 is 33.5 Å². The molecule has 1 rings (SSSR count). The van der Waals surface area contributed by atoms with Crippen LogP contribution < -0.4 is 11.1 Å². The van der Waals surface area contributed by atoms with Crippen molar-refractivity contribution in [2.24, 2.45) is 5.73 Å². The number of amides is 1. The van der Waals surface area contributed by atoms with E-state index in [-0.39, 0.29) is 12.4 Å². The van der Waals surface area contributed by atoms with Crippen molar-refractivity contribution < 1.29 is 14.3 Å². The van der Waals surface area contributed by atoms with E-state index < -0.39 is 5.91 Å². The second-order valence-electron chi connectivity index (χ2n) is 3.51. The minimum absolute atomic E-state index is 0.235. The number of anilines is 1. The van der Waals surface area contributed by atoms with E-state index in [2.05, 4.69) is 21.2 Å². The molecule has 0 heterocycles. The van der Waals surface area contributed by atoms with Gasteiger partial charge in [0.05, 0.1) is 18.6 Å². The number of hydrogen-bond acceptors (Lipinski definition) is 4. The zero-order valence-corrected chi connectivity index (χ0v) is 11.6. The van der Waals surface area contributed by atoms with Crippen molar-refractivity contribution in [2.75, 3.05) is 18.5 Å². The fraction of sp³-hybridized carbons (Fsp3) is 0.333. The van der Waals surface area contributed by atoms with E-state index in [4.69, 9.17) is 10.5 Å². The average molecular weight is 315 g/mol. The molecular weight excluding hydrogens is 300 g/mol. The van der Waals surface area contributed by atoms with E-state index in [0.717, 1.165) is 0 Å². The molecule has 0 fully saturated rings. The Morgan fingerprint density at radius 1 is 1.44 bits per heavy atom. The third kappa shape index (κ3) is 4.03. The summed E-state index contributed by atoms with van der Waals surface area (Å²) in [5, 5.41) is 2.99. The van der Waals surface area contributed by atoms with Crippen molar-refractivity contribution in [3.8, 4) is 0 Å². The number of ether oxygens (including phenoxy) is 1. The van der Waals surface area contributed by atoms with Crippen molar-refractivity contribution in [1.29, 1.82) is 0 Å². The van der Waals surface area contributed by atoms with Crippen LogP contribution in [0, 0.1) is 0 Å². The Kier molecular flexibility index (Phi) is 5.64. The molecule has 0 aliphatic carbocycles. The van der Waals surface area contributed by atoms with Gasteiger partial charge in [-0.2, -0.15) is 0 Å². The Bertz CT molecular complexity index is 449. The van der Waals surface area contributed by atoms with Gasteiger partial charge < -0.3 is 15.8 Å². The van der Waals surface area contributed by atoms with E-state index in [9.17, 15) is 9.59 Å². The lowest BCUT2D eigenvalue weighted by molar-refractivity contribution is -0.142. The lowest BCUT2D eigenvalue weighted by Crippen LogP contribution is -2.17. The first kappa shape index (κ1) is 14.5. The molecule has 5 nitrogen and oxygen atoms in total. The van der Waals surface area contributed by atoms with Crippen LogP contribution in [0.25, 0.3) is 0 Å². The van der Waals surface area contributed by atoms with Crippen LogP contribution >= 0.6 is 15.9 Å². The van der Waals surface area contributed by atoms with Gasteiger partial charge in [0, 0.05) is 16.7 Å². The van der Waals surface area contributed by atoms with Gasteiger partial charge in [0.2, 0.25) is 0 Å². The molecule has 0 aliphatic rings. The molecule has 0 spiro atoms. The number of rotatable bonds is 6. The topological polar surface area (TPSA) is 81.4 Å². The first-order valence-corrected chi connectivity index (χ1v) is 6.33. The van der Waals surface area contributed by atoms with E-state index in [1.54, 1.807) is 25.1 Å². The number of carbonyl (C=O) groups excluding carboxylic acids is 2. The highest BCUT2D eigenvalue weighted by atomic mass is 79.9. The second-order valence-corrected chi connectivity index (χ2v) is 4.36. The van der Waals surface area contributed by atoms with Gasteiger partial charge in [-0.3, -0.25) is 9.59 Å². The van der Waals surface area contributed by atoms with Crippen LogP contribution in [0.15, 0.2) is 22.7 Å². The Morgan fingerprint density at radius 2 is 2.17 bits per heavy atom. The summed E-state index contributed by atoms with van der Waals surface area (Å²) in [5.41, 5.74) is 6.27. The Morgan fingerprint density at radius 3 is 2.78 bits per heavy atom. The van der Waals surface area contributed by atoms with Gasteiger partial charge in [-0.05, 0) is 35.0 Å². The summed E-state index contributed by atoms with van der Waals surface area (Å²) >= 11 is 3.26. The van der Waals surface area contributed by atoms with Gasteiger partial charge in [0.1, 0.15) is 0 Å². The summed E-state index contributed by atoms with van der Waals surface area (Å²) in [5.74, 6) is -0.804. The number of primary amides is 1. The van der Waals surface area contributed by atoms with Gasteiger partial charge in [-0.25, -0.2) is 0 Å². The molecule has 98 valence electrons. The number of carbonyl (C=O) groups is 2. The maximum atomic E-state index is 11.3. The molecule has 0 aliphatic heterocycles. The lowest BCUT2D eigenvalue weighted by atomic mass is 10.1. The summed E-state index contributed by atoms with van der Waals surface area (Å²) in [4.78, 5) is 22.5. The highest BCUT2D eigenvalue weighted by Gasteiger charge is 2.12. The zero-order chi connectivity index (χ0) is 13.5. The Balaban J connectivity index is 2.65. The van der Waals surface area contributed by atoms with Gasteiger partial charge in [0.25, 0.3) is 5.91 Å². The molecule has 0 unspecified atom stereocenters. The van der Waals surface area contributed by atoms with E-state index in [1.165, 1.54) is 0 Å². The molecule has 6 heteroatoms. The predicted molar refractivity (Wildman–Crippen MR) is 72.4 cm³/mol. The van der Waals surface area contributed by atoms with Crippen molar-refractivity contribution in [3.63, 3.8) is 0 Å². The van der Waals surface area contributed by atoms with Crippen LogP contribution in [0.1, 0.15) is 23.7 Å². The fourth-order valence-corrected chi connectivity index (χ4v) is 2.02. The number of benzene rings is 1. The minimum atomic E-state index is -0.527. The quantitative estimate of drug-likeness (QED) is 0.786. The summed E-state index contributed by atoms with van der Waals surface area (Å²) in [6.45, 7) is 2.50. The number of nitrogens with one attached hydrogen (secondary N) is 1. The first-order chi connectivity index (χ1) is 8.56. The lowest BCUT2D eigenvalue weighted by Gasteiger charge is -2.11. The van der Waals surface area contributed by atoms with Crippen molar-refractivity contribution in [2.45, 2.75) is 13.3 Å². The average Bonchev–Trinajstić information content (AvgIpc) is 2.28. The van der Waals surface area contributed by atoms with Crippen LogP contribution in [-0.2, 0) is 9.53 Å². The third-order valence-corrected chi connectivity index (χ3v) is 2.87. The minimum Gasteiger partial charge on any atom is -0.466 e. The molecule has 0 aromatic heterocycles. The van der Waals surface area contributed by atoms with Crippen LogP contribution in [0.5, 0.6) is 0 Å². The molecule has 18 heavy (non-hydrogen) atoms. The maximum absolute atomic E-state index is 11.3. The highest BCUT2D eigenvalue weighted by molar-refractivity contribution is 9.10. The third-order valence-electron chi connectivity index (χ3n) is 2.21. The molecule has 0 bridgehead atoms. The molecule has 3 N–H and O–H groups in total. The second kappa shape index (κ2) is 7.00. The summed E-state index contributed by atoms with van der Waals surface area (Å²) in [6.07, 6.45) is 0.235. The van der Waals surface area contributed by atoms with Crippen LogP contribution in [0.2, 0.25) is 0 Å². The predicted octanol–water partition coefficient (Wildman–Crippen LogP) is 1.91. The number of hydrogen-bond donors (Lipinski definition) is 2. The van der Waals surface area contributed by atoms with Gasteiger partial charge >= 0.3 is 5.97 Å². The van der Waals surface area contributed by atoms with Gasteiger partial charge in [-0.1, -0.05) is 6.07 Å². The largest absolute Gasteiger partial charge is 0.466 e. The Labute approximate surface area is 114 Å². The van der Waals surface area contributed by atoms with E-state index >= 15 is 0 Å². The van der Waals surface area contributed by atoms with Crippen LogP contribution in [-0.4, -0.2) is 25.0 Å². The van der Waals surface area contributed by atoms with Gasteiger partial charge in [0.15, 0.2) is 0 Å². The molecule has 1 amide bonds. The molecule has 0 atom stereocenters. The molecule has 0 radical (unpaired) electrons. The normalized spacial score (nSPS) is 9.89. The summed E-state index contributed by atoms with van der Waals surface area (Å²) in [7, 11) is 0. The monoisotopic (exact) mass is 314 g/mol. The van der Waals surface area contributed by atoms with Crippen LogP contribution in [0.3, 0.4) is 0 Å². The number of esters is 1. The molecule has 1 aromatic carbocycles. The summed E-state index contributed by atoms with van der Waals surface area (Å²) in [6, 6.07) is 5.25. The highest BCUT2D eigenvalue weighted by Crippen LogP contribution is 2.24. The standard InChI is InChI=1S/C12H15BrN2O3/c1-2-18-10(16)6-7-15-9-5-3-4-8(13)11(9)12(14)17/h3-5,15H,2,6-7H2,1H3,(H2,14,17). The molecule has 0 saturated heterocycles. The maximum Gasteiger partial charge on any atom is 0.307 e. The number of nitrogens with two attached hydrogens (primary N) is 1. The van der Waals surface area contributed by atoms with Crippen LogP contribution in [0.4, 0.5) is 5.69 Å². The SMILES string of the molecule is CCOC(=O)CCNc1cccc(Br)c1C(N)=O. The smallest absolute Gasteiger partial charge is 0.307 e. The zero-order valence-electron chi connectivity index (χ0n) is 10.0. The molecule has 0 saturated carbocycles. The van der Waals surface area contributed by atoms with Crippen molar-refractivity contribution in [1.82, 2.24) is 0 Å². The van der Waals surface area contributed by atoms with Gasteiger partial charge in [-0.15, -0.1) is 0 Å². The first-order valence-electron chi connectivity index (χ1n) is 5.54.